The predicted octanol–water partition coefficient (Wildman–Crippen LogP) is 3.96. The van der Waals surface area contributed by atoms with Crippen molar-refractivity contribution in [3.05, 3.63) is 51.8 Å². The molecule has 0 fully saturated rings. The lowest BCUT2D eigenvalue weighted by atomic mass is 10.2. The number of carbonyl (C=O) groups is 1. The third kappa shape index (κ3) is 3.54. The molecule has 6 heteroatoms. The van der Waals surface area contributed by atoms with Crippen LogP contribution in [0.5, 0.6) is 0 Å². The van der Waals surface area contributed by atoms with Crippen molar-refractivity contribution in [3.8, 4) is 11.4 Å². The van der Waals surface area contributed by atoms with Gasteiger partial charge in [0.1, 0.15) is 11.5 Å². The van der Waals surface area contributed by atoms with Crippen LogP contribution >= 0.6 is 11.3 Å². The first-order chi connectivity index (χ1) is 11.4. The van der Waals surface area contributed by atoms with E-state index in [1.165, 1.54) is 9.75 Å². The molecule has 0 atom stereocenters. The second kappa shape index (κ2) is 7.40. The number of thiophene rings is 1. The van der Waals surface area contributed by atoms with Gasteiger partial charge in [-0.2, -0.15) is 0 Å². The highest BCUT2D eigenvalue weighted by Crippen LogP contribution is 2.30. The Hall–Kier alpha value is -2.47. The fourth-order valence-electron chi connectivity index (χ4n) is 2.40. The van der Waals surface area contributed by atoms with E-state index >= 15 is 0 Å². The normalized spacial score (nSPS) is 12.0. The minimum atomic E-state index is -0.102. The SMILES string of the molecule is C=N/C=C\C=C(/C)N(C)C(=O)c1cnc(-c2cc(C)sc2C)n1C. The summed E-state index contributed by atoms with van der Waals surface area (Å²) in [4.78, 5) is 24.9. The van der Waals surface area contributed by atoms with Crippen LogP contribution in [0.15, 0.2) is 41.3 Å². The molecule has 126 valence electrons. The van der Waals surface area contributed by atoms with E-state index in [1.807, 2.05) is 24.6 Å². The molecule has 0 radical (unpaired) electrons. The monoisotopic (exact) mass is 342 g/mol. The van der Waals surface area contributed by atoms with Crippen LogP contribution in [0.2, 0.25) is 0 Å². The average molecular weight is 342 g/mol. The van der Waals surface area contributed by atoms with Crippen LogP contribution < -0.4 is 0 Å². The van der Waals surface area contributed by atoms with Gasteiger partial charge >= 0.3 is 0 Å². The number of aryl methyl sites for hydroxylation is 2. The molecule has 0 spiro atoms. The Morgan fingerprint density at radius 3 is 2.75 bits per heavy atom. The van der Waals surface area contributed by atoms with Gasteiger partial charge in [0.05, 0.1) is 6.20 Å². The third-order valence-corrected chi connectivity index (χ3v) is 4.82. The molecule has 0 N–H and O–H groups in total. The molecule has 2 aromatic rings. The summed E-state index contributed by atoms with van der Waals surface area (Å²) in [6.45, 7) is 9.39. The van der Waals surface area contributed by atoms with E-state index in [2.05, 4.69) is 36.6 Å². The Labute approximate surface area is 146 Å². The Morgan fingerprint density at radius 1 is 1.46 bits per heavy atom. The summed E-state index contributed by atoms with van der Waals surface area (Å²) in [6.07, 6.45) is 6.77. The van der Waals surface area contributed by atoms with Crippen LogP contribution in [0.25, 0.3) is 11.4 Å². The maximum absolute atomic E-state index is 12.7. The van der Waals surface area contributed by atoms with Crippen LogP contribution in [-0.4, -0.2) is 34.1 Å². The van der Waals surface area contributed by atoms with Crippen LogP contribution in [0.1, 0.15) is 27.2 Å². The van der Waals surface area contributed by atoms with Crippen molar-refractivity contribution in [2.75, 3.05) is 7.05 Å². The highest BCUT2D eigenvalue weighted by molar-refractivity contribution is 7.12. The van der Waals surface area contributed by atoms with Gasteiger partial charge in [-0.15, -0.1) is 11.3 Å². The maximum atomic E-state index is 12.7. The Morgan fingerprint density at radius 2 is 2.17 bits per heavy atom. The molecular formula is C18H22N4OS. The molecule has 0 aromatic carbocycles. The molecule has 2 rings (SSSR count). The fraction of sp³-hybridized carbons (Fsp3) is 0.278. The largest absolute Gasteiger partial charge is 0.323 e. The van der Waals surface area contributed by atoms with Crippen LogP contribution in [0.3, 0.4) is 0 Å². The number of imidazole rings is 1. The van der Waals surface area contributed by atoms with Gasteiger partial charge in [-0.25, -0.2) is 4.98 Å². The molecule has 2 aromatic heterocycles. The lowest BCUT2D eigenvalue weighted by Crippen LogP contribution is -2.26. The molecule has 0 aliphatic carbocycles. The third-order valence-electron chi connectivity index (χ3n) is 3.85. The molecule has 0 bridgehead atoms. The molecule has 0 aliphatic rings. The smallest absolute Gasteiger partial charge is 0.276 e. The van der Waals surface area contributed by atoms with E-state index in [0.29, 0.717) is 5.69 Å². The van der Waals surface area contributed by atoms with E-state index in [9.17, 15) is 4.79 Å². The molecule has 5 nitrogen and oxygen atoms in total. The standard InChI is InChI=1S/C18H22N4OS/c1-12(8-7-9-19-4)21(5)18(23)16-11-20-17(22(16)6)15-10-13(2)24-14(15)3/h7-11H,4H2,1-3,5-6H3/b9-7-,12-8+. The molecular weight excluding hydrogens is 320 g/mol. The van der Waals surface area contributed by atoms with Crippen molar-refractivity contribution in [2.24, 2.45) is 12.0 Å². The van der Waals surface area contributed by atoms with Crippen molar-refractivity contribution in [1.29, 1.82) is 0 Å². The average Bonchev–Trinajstić information content (AvgIpc) is 3.07. The summed E-state index contributed by atoms with van der Waals surface area (Å²) in [5.41, 5.74) is 2.44. The zero-order valence-corrected chi connectivity index (χ0v) is 15.5. The number of nitrogens with zero attached hydrogens (tertiary/aromatic N) is 4. The van der Waals surface area contributed by atoms with Gasteiger partial charge < -0.3 is 9.47 Å². The number of hydrogen-bond donors (Lipinski definition) is 0. The maximum Gasteiger partial charge on any atom is 0.276 e. The first-order valence-electron chi connectivity index (χ1n) is 7.53. The molecule has 24 heavy (non-hydrogen) atoms. The van der Waals surface area contributed by atoms with Crippen molar-refractivity contribution in [2.45, 2.75) is 20.8 Å². The second-order valence-corrected chi connectivity index (χ2v) is 7.01. The van der Waals surface area contributed by atoms with E-state index < -0.39 is 0 Å². The zero-order chi connectivity index (χ0) is 17.9. The van der Waals surface area contributed by atoms with E-state index in [0.717, 1.165) is 17.1 Å². The summed E-state index contributed by atoms with van der Waals surface area (Å²) in [6, 6.07) is 2.11. The highest BCUT2D eigenvalue weighted by Gasteiger charge is 2.20. The topological polar surface area (TPSA) is 50.5 Å². The molecule has 0 aliphatic heterocycles. The molecule has 0 saturated heterocycles. The number of rotatable bonds is 5. The van der Waals surface area contributed by atoms with Crippen LogP contribution in [-0.2, 0) is 7.05 Å². The Balaban J connectivity index is 2.32. The van der Waals surface area contributed by atoms with Crippen molar-refractivity contribution >= 4 is 24.0 Å². The molecule has 0 unspecified atom stereocenters. The number of allylic oxidation sites excluding steroid dienone is 3. The van der Waals surface area contributed by atoms with Crippen molar-refractivity contribution in [3.63, 3.8) is 0 Å². The number of amides is 1. The van der Waals surface area contributed by atoms with E-state index in [1.54, 1.807) is 41.8 Å². The number of aromatic nitrogens is 2. The second-order valence-electron chi connectivity index (χ2n) is 5.55. The van der Waals surface area contributed by atoms with Gasteiger partial charge in [0.15, 0.2) is 0 Å². The zero-order valence-electron chi connectivity index (χ0n) is 14.7. The summed E-state index contributed by atoms with van der Waals surface area (Å²) < 4.78 is 1.85. The predicted molar refractivity (Wildman–Crippen MR) is 101 cm³/mol. The quantitative estimate of drug-likeness (QED) is 0.610. The van der Waals surface area contributed by atoms with Crippen LogP contribution in [0.4, 0.5) is 0 Å². The molecule has 2 heterocycles. The fourth-order valence-corrected chi connectivity index (χ4v) is 3.32. The number of aliphatic imine (C=N–C) groups is 1. The van der Waals surface area contributed by atoms with Gasteiger partial charge in [0.2, 0.25) is 0 Å². The minimum absolute atomic E-state index is 0.102. The highest BCUT2D eigenvalue weighted by atomic mass is 32.1. The summed E-state index contributed by atoms with van der Waals surface area (Å²) in [5, 5.41) is 0. The number of carbonyl (C=O) groups excluding carboxylic acids is 1. The lowest BCUT2D eigenvalue weighted by molar-refractivity contribution is 0.0827. The summed E-state index contributed by atoms with van der Waals surface area (Å²) >= 11 is 1.73. The molecule has 0 saturated carbocycles. The summed E-state index contributed by atoms with van der Waals surface area (Å²) in [7, 11) is 3.62. The van der Waals surface area contributed by atoms with Gasteiger partial charge in [0.25, 0.3) is 5.91 Å². The minimum Gasteiger partial charge on any atom is -0.323 e. The van der Waals surface area contributed by atoms with E-state index in [-0.39, 0.29) is 5.91 Å². The van der Waals surface area contributed by atoms with Gasteiger partial charge in [0, 0.05) is 41.3 Å². The molecule has 1 amide bonds. The Bertz CT molecular complexity index is 826. The van der Waals surface area contributed by atoms with Crippen LogP contribution in [0, 0.1) is 13.8 Å². The number of hydrogen-bond acceptors (Lipinski definition) is 4. The van der Waals surface area contributed by atoms with Crippen molar-refractivity contribution in [1.82, 2.24) is 14.5 Å². The first-order valence-corrected chi connectivity index (χ1v) is 8.35. The van der Waals surface area contributed by atoms with Crippen molar-refractivity contribution < 1.29 is 4.79 Å². The Kier molecular flexibility index (Phi) is 5.51. The summed E-state index contributed by atoms with van der Waals surface area (Å²) in [5.74, 6) is 0.709. The first kappa shape index (κ1) is 17.9. The van der Waals surface area contributed by atoms with Gasteiger partial charge in [-0.05, 0) is 45.7 Å². The van der Waals surface area contributed by atoms with Gasteiger partial charge in [-0.3, -0.25) is 9.79 Å². The van der Waals surface area contributed by atoms with Gasteiger partial charge in [-0.1, -0.05) is 0 Å². The lowest BCUT2D eigenvalue weighted by Gasteiger charge is -2.17. The van der Waals surface area contributed by atoms with E-state index in [4.69, 9.17) is 0 Å².